The van der Waals surface area contributed by atoms with Crippen molar-refractivity contribution in [3.05, 3.63) is 0 Å². The van der Waals surface area contributed by atoms with Crippen molar-refractivity contribution in [3.63, 3.8) is 0 Å². The second-order valence-corrected chi connectivity index (χ2v) is 6.90. The van der Waals surface area contributed by atoms with Crippen LogP contribution in [0.5, 0.6) is 0 Å². The summed E-state index contributed by atoms with van der Waals surface area (Å²) in [5, 5.41) is 2.96. The first-order chi connectivity index (χ1) is 10.7. The van der Waals surface area contributed by atoms with Crippen LogP contribution < -0.4 is 5.32 Å². The summed E-state index contributed by atoms with van der Waals surface area (Å²) in [5.41, 5.74) is 0. The maximum atomic E-state index is 12.7. The second kappa shape index (κ2) is 6.86. The Bertz CT molecular complexity index is 494. The Kier molecular flexibility index (Phi) is 4.86. The number of thiocarbonyl (C=S) groups is 1. The molecule has 0 aromatic carbocycles. The zero-order valence-electron chi connectivity index (χ0n) is 12.8. The molecule has 0 aromatic heterocycles. The molecular weight excluding hydrogens is 298 g/mol. The molecule has 1 aliphatic heterocycles. The lowest BCUT2D eigenvalue weighted by Gasteiger charge is -2.38. The predicted molar refractivity (Wildman–Crippen MR) is 88.7 cm³/mol. The number of rotatable bonds is 3. The van der Waals surface area contributed by atoms with Crippen molar-refractivity contribution in [1.82, 2.24) is 10.2 Å². The molecule has 22 heavy (non-hydrogen) atoms. The molecular formula is C16H23N3O2S. The van der Waals surface area contributed by atoms with E-state index in [1.807, 2.05) is 0 Å². The maximum absolute atomic E-state index is 12.7. The normalized spacial score (nSPS) is 28.6. The number of aliphatic imine (C=N–C) groups is 1. The number of nitrogens with one attached hydrogen (secondary N) is 1. The molecule has 3 fully saturated rings. The summed E-state index contributed by atoms with van der Waals surface area (Å²) in [6.45, 7) is 0. The van der Waals surface area contributed by atoms with Crippen LogP contribution in [-0.4, -0.2) is 40.1 Å². The first-order valence-electron chi connectivity index (χ1n) is 8.38. The van der Waals surface area contributed by atoms with E-state index in [0.29, 0.717) is 0 Å². The Morgan fingerprint density at radius 2 is 1.68 bits per heavy atom. The Labute approximate surface area is 136 Å². The van der Waals surface area contributed by atoms with Gasteiger partial charge in [0.25, 0.3) is 0 Å². The molecule has 0 unspecified atom stereocenters. The Morgan fingerprint density at radius 3 is 2.36 bits per heavy atom. The number of amides is 2. The highest BCUT2D eigenvalue weighted by atomic mass is 32.1. The smallest absolute Gasteiger partial charge is 0.247 e. The third kappa shape index (κ3) is 3.21. The topological polar surface area (TPSA) is 61.8 Å². The number of carbonyl (C=O) groups excluding carboxylic acids is 2. The third-order valence-electron chi connectivity index (χ3n) is 4.95. The van der Waals surface area contributed by atoms with Gasteiger partial charge in [-0.25, -0.2) is 0 Å². The van der Waals surface area contributed by atoms with Crippen molar-refractivity contribution in [2.24, 2.45) is 10.9 Å². The van der Waals surface area contributed by atoms with E-state index in [9.17, 15) is 9.59 Å². The van der Waals surface area contributed by atoms with Gasteiger partial charge in [0, 0.05) is 18.3 Å². The quantitative estimate of drug-likeness (QED) is 0.492. The molecule has 3 rings (SSSR count). The number of nitrogens with zero attached hydrogens (tertiary/aromatic N) is 2. The van der Waals surface area contributed by atoms with Gasteiger partial charge in [-0.05, 0) is 37.9 Å². The third-order valence-corrected chi connectivity index (χ3v) is 5.24. The molecule has 2 saturated carbocycles. The molecule has 2 amide bonds. The Hall–Kier alpha value is -1.30. The van der Waals surface area contributed by atoms with E-state index in [2.05, 4.69) is 10.3 Å². The number of hydrogen-bond donors (Lipinski definition) is 1. The van der Waals surface area contributed by atoms with Gasteiger partial charge in [-0.15, -0.1) is 0 Å². The molecule has 1 N–H and O–H groups in total. The molecule has 3 aliphatic rings. The zero-order chi connectivity index (χ0) is 15.5. The van der Waals surface area contributed by atoms with Crippen LogP contribution in [0.3, 0.4) is 0 Å². The van der Waals surface area contributed by atoms with Crippen LogP contribution in [0.2, 0.25) is 0 Å². The van der Waals surface area contributed by atoms with Crippen molar-refractivity contribution in [3.8, 4) is 0 Å². The molecule has 1 heterocycles. The molecule has 0 spiro atoms. The Morgan fingerprint density at radius 1 is 1.05 bits per heavy atom. The van der Waals surface area contributed by atoms with Crippen LogP contribution in [-0.2, 0) is 9.59 Å². The van der Waals surface area contributed by atoms with Gasteiger partial charge in [-0.3, -0.25) is 19.5 Å². The standard InChI is InChI=1S/C16H23N3O2S/c20-14-13(10-17-11-6-4-5-7-11)15(21)19(16(22)18-14)12-8-2-1-3-9-12/h10-13H,1-9H2,(H,18,20,22)/t13-/m1/s1. The molecule has 5 nitrogen and oxygen atoms in total. The summed E-state index contributed by atoms with van der Waals surface area (Å²) in [5.74, 6) is -1.33. The predicted octanol–water partition coefficient (Wildman–Crippen LogP) is 2.19. The molecule has 1 atom stereocenters. The van der Waals surface area contributed by atoms with Gasteiger partial charge in [0.15, 0.2) is 11.0 Å². The van der Waals surface area contributed by atoms with Crippen LogP contribution in [0.25, 0.3) is 0 Å². The molecule has 120 valence electrons. The molecule has 6 heteroatoms. The van der Waals surface area contributed by atoms with Crippen LogP contribution in [0, 0.1) is 5.92 Å². The fourth-order valence-electron chi connectivity index (χ4n) is 3.68. The van der Waals surface area contributed by atoms with E-state index in [0.717, 1.165) is 38.5 Å². The van der Waals surface area contributed by atoms with Crippen LogP contribution >= 0.6 is 12.2 Å². The van der Waals surface area contributed by atoms with Crippen molar-refractivity contribution in [1.29, 1.82) is 0 Å². The first kappa shape index (κ1) is 15.6. The lowest BCUT2D eigenvalue weighted by molar-refractivity contribution is -0.139. The van der Waals surface area contributed by atoms with Gasteiger partial charge >= 0.3 is 0 Å². The fraction of sp³-hybridized carbons (Fsp3) is 0.750. The minimum Gasteiger partial charge on any atom is -0.302 e. The summed E-state index contributed by atoms with van der Waals surface area (Å²) in [6, 6.07) is 0.411. The van der Waals surface area contributed by atoms with Crippen molar-refractivity contribution < 1.29 is 9.59 Å². The summed E-state index contributed by atoms with van der Waals surface area (Å²) in [4.78, 5) is 31.0. The molecule has 2 aliphatic carbocycles. The Balaban J connectivity index is 1.73. The highest BCUT2D eigenvalue weighted by Crippen LogP contribution is 2.26. The van der Waals surface area contributed by atoms with Crippen LogP contribution in [0.4, 0.5) is 0 Å². The highest BCUT2D eigenvalue weighted by molar-refractivity contribution is 7.80. The largest absolute Gasteiger partial charge is 0.302 e. The van der Waals surface area contributed by atoms with E-state index in [4.69, 9.17) is 12.2 Å². The summed E-state index contributed by atoms with van der Waals surface area (Å²) >= 11 is 5.24. The number of carbonyl (C=O) groups is 2. The highest BCUT2D eigenvalue weighted by Gasteiger charge is 2.41. The average Bonchev–Trinajstić information content (AvgIpc) is 3.01. The van der Waals surface area contributed by atoms with E-state index in [1.165, 1.54) is 19.3 Å². The lowest BCUT2D eigenvalue weighted by Crippen LogP contribution is -2.61. The van der Waals surface area contributed by atoms with Crippen molar-refractivity contribution in [2.45, 2.75) is 69.9 Å². The van der Waals surface area contributed by atoms with Crippen molar-refractivity contribution >= 4 is 35.4 Å². The number of hydrogen-bond acceptors (Lipinski definition) is 4. The zero-order valence-corrected chi connectivity index (χ0v) is 13.6. The maximum Gasteiger partial charge on any atom is 0.247 e. The minimum atomic E-state index is -0.811. The fourth-order valence-corrected chi connectivity index (χ4v) is 4.02. The van der Waals surface area contributed by atoms with Gasteiger partial charge in [0.05, 0.1) is 0 Å². The summed E-state index contributed by atoms with van der Waals surface area (Å²) in [7, 11) is 0. The van der Waals surface area contributed by atoms with Gasteiger partial charge in [-0.1, -0.05) is 32.1 Å². The van der Waals surface area contributed by atoms with Gasteiger partial charge in [0.1, 0.15) is 0 Å². The molecule has 0 bridgehead atoms. The molecule has 0 aromatic rings. The average molecular weight is 321 g/mol. The SMILES string of the molecule is O=C1NC(=S)N(C2CCCCC2)C(=O)[C@@H]1C=NC1CCCC1. The molecule has 0 radical (unpaired) electrons. The van der Waals surface area contributed by atoms with E-state index >= 15 is 0 Å². The van der Waals surface area contributed by atoms with E-state index < -0.39 is 5.92 Å². The van der Waals surface area contributed by atoms with Crippen molar-refractivity contribution in [2.75, 3.05) is 0 Å². The van der Waals surface area contributed by atoms with Gasteiger partial charge in [-0.2, -0.15) is 0 Å². The van der Waals surface area contributed by atoms with Gasteiger partial charge in [0.2, 0.25) is 11.8 Å². The van der Waals surface area contributed by atoms with E-state index in [-0.39, 0.29) is 29.0 Å². The van der Waals surface area contributed by atoms with Gasteiger partial charge < -0.3 is 5.32 Å². The van der Waals surface area contributed by atoms with Crippen LogP contribution in [0.15, 0.2) is 4.99 Å². The summed E-state index contributed by atoms with van der Waals surface area (Å²) < 4.78 is 0. The molecule has 1 saturated heterocycles. The summed E-state index contributed by atoms with van der Waals surface area (Å²) in [6.07, 6.45) is 11.4. The first-order valence-corrected chi connectivity index (χ1v) is 8.79. The lowest BCUT2D eigenvalue weighted by atomic mass is 9.92. The van der Waals surface area contributed by atoms with E-state index in [1.54, 1.807) is 11.1 Å². The minimum absolute atomic E-state index is 0.136. The second-order valence-electron chi connectivity index (χ2n) is 6.51. The van der Waals surface area contributed by atoms with Crippen LogP contribution in [0.1, 0.15) is 57.8 Å². The monoisotopic (exact) mass is 321 g/mol.